The number of nitrogens with zero attached hydrogens (tertiary/aromatic N) is 2. The molecule has 3 fully saturated rings. The van der Waals surface area contributed by atoms with Crippen molar-refractivity contribution in [2.45, 2.75) is 76.4 Å². The number of likely N-dealkylation sites (N-methyl/N-ethyl adjacent to an activating group) is 1. The molecule has 4 atom stereocenters. The predicted octanol–water partition coefficient (Wildman–Crippen LogP) is 2.71. The van der Waals surface area contributed by atoms with Crippen molar-refractivity contribution in [3.63, 3.8) is 0 Å². The smallest absolute Gasteiger partial charge is 0.0249 e. The molecule has 122 valence electrons. The molecule has 2 saturated heterocycles. The Labute approximate surface area is 131 Å². The van der Waals surface area contributed by atoms with E-state index in [9.17, 15) is 0 Å². The van der Waals surface area contributed by atoms with Gasteiger partial charge in [0.2, 0.25) is 0 Å². The first-order valence-corrected chi connectivity index (χ1v) is 9.47. The third kappa shape index (κ3) is 3.62. The zero-order valence-electron chi connectivity index (χ0n) is 14.2. The van der Waals surface area contributed by atoms with E-state index >= 15 is 0 Å². The summed E-state index contributed by atoms with van der Waals surface area (Å²) in [7, 11) is 2.35. The van der Waals surface area contributed by atoms with E-state index in [1.807, 2.05) is 0 Å². The molecule has 0 bridgehead atoms. The first-order chi connectivity index (χ1) is 10.3. The van der Waals surface area contributed by atoms with Crippen molar-refractivity contribution in [2.75, 3.05) is 33.2 Å². The van der Waals surface area contributed by atoms with Gasteiger partial charge < -0.3 is 10.2 Å². The Balaban J connectivity index is 1.64. The van der Waals surface area contributed by atoms with Crippen molar-refractivity contribution in [3.05, 3.63) is 0 Å². The summed E-state index contributed by atoms with van der Waals surface area (Å²) < 4.78 is 0. The van der Waals surface area contributed by atoms with Crippen LogP contribution in [0.5, 0.6) is 0 Å². The van der Waals surface area contributed by atoms with E-state index in [0.717, 1.165) is 30.6 Å². The Kier molecular flexibility index (Phi) is 5.58. The van der Waals surface area contributed by atoms with Crippen LogP contribution in [0.3, 0.4) is 0 Å². The Morgan fingerprint density at radius 1 is 0.905 bits per heavy atom. The summed E-state index contributed by atoms with van der Waals surface area (Å²) in [4.78, 5) is 5.51. The van der Waals surface area contributed by atoms with Crippen LogP contribution in [0.4, 0.5) is 0 Å². The van der Waals surface area contributed by atoms with Crippen LogP contribution < -0.4 is 5.32 Å². The summed E-state index contributed by atoms with van der Waals surface area (Å²) in [5.74, 6) is 0.933. The standard InChI is InChI=1S/C18H35N3/c1-3-19-16-9-5-4-6-10-18(16)21-13-11-17-15(14-21)8-7-12-20(17)2/h15-19H,3-14H2,1-2H3. The van der Waals surface area contributed by atoms with Gasteiger partial charge in [-0.3, -0.25) is 4.90 Å². The molecule has 0 amide bonds. The maximum absolute atomic E-state index is 3.80. The van der Waals surface area contributed by atoms with Gasteiger partial charge in [-0.2, -0.15) is 0 Å². The molecule has 2 aliphatic heterocycles. The van der Waals surface area contributed by atoms with Crippen molar-refractivity contribution in [3.8, 4) is 0 Å². The molecule has 0 radical (unpaired) electrons. The minimum absolute atomic E-state index is 0.746. The maximum Gasteiger partial charge on any atom is 0.0249 e. The molecule has 1 aliphatic carbocycles. The van der Waals surface area contributed by atoms with Gasteiger partial charge in [0.05, 0.1) is 0 Å². The van der Waals surface area contributed by atoms with Gasteiger partial charge in [0, 0.05) is 31.2 Å². The fraction of sp³-hybridized carbons (Fsp3) is 1.00. The quantitative estimate of drug-likeness (QED) is 0.807. The molecular weight excluding hydrogens is 258 g/mol. The van der Waals surface area contributed by atoms with Crippen molar-refractivity contribution in [1.29, 1.82) is 0 Å². The largest absolute Gasteiger partial charge is 0.313 e. The third-order valence-electron chi connectivity index (χ3n) is 6.29. The minimum atomic E-state index is 0.746. The summed E-state index contributed by atoms with van der Waals surface area (Å²) in [5.41, 5.74) is 0. The normalized spacial score (nSPS) is 39.7. The van der Waals surface area contributed by atoms with Crippen LogP contribution in [0.2, 0.25) is 0 Å². The van der Waals surface area contributed by atoms with Crippen LogP contribution >= 0.6 is 0 Å². The van der Waals surface area contributed by atoms with Gasteiger partial charge in [-0.05, 0) is 58.2 Å². The number of fused-ring (bicyclic) bond motifs is 1. The van der Waals surface area contributed by atoms with Gasteiger partial charge in [-0.15, -0.1) is 0 Å². The highest BCUT2D eigenvalue weighted by Gasteiger charge is 2.38. The van der Waals surface area contributed by atoms with Crippen LogP contribution in [0.1, 0.15) is 58.3 Å². The molecule has 0 spiro atoms. The van der Waals surface area contributed by atoms with Gasteiger partial charge in [0.15, 0.2) is 0 Å². The van der Waals surface area contributed by atoms with E-state index in [4.69, 9.17) is 0 Å². The van der Waals surface area contributed by atoms with Crippen LogP contribution in [-0.2, 0) is 0 Å². The number of nitrogens with one attached hydrogen (secondary N) is 1. The van der Waals surface area contributed by atoms with E-state index in [2.05, 4.69) is 29.1 Å². The maximum atomic E-state index is 3.80. The highest BCUT2D eigenvalue weighted by molar-refractivity contribution is 4.94. The van der Waals surface area contributed by atoms with Gasteiger partial charge >= 0.3 is 0 Å². The lowest BCUT2D eigenvalue weighted by atomic mass is 9.83. The van der Waals surface area contributed by atoms with E-state index in [0.29, 0.717) is 0 Å². The lowest BCUT2D eigenvalue weighted by Crippen LogP contribution is -2.58. The van der Waals surface area contributed by atoms with Crippen molar-refractivity contribution >= 4 is 0 Å². The Hall–Kier alpha value is -0.120. The average Bonchev–Trinajstić information content (AvgIpc) is 2.73. The minimum Gasteiger partial charge on any atom is -0.313 e. The van der Waals surface area contributed by atoms with Gasteiger partial charge in [-0.1, -0.05) is 26.2 Å². The van der Waals surface area contributed by atoms with Gasteiger partial charge in [0.1, 0.15) is 0 Å². The predicted molar refractivity (Wildman–Crippen MR) is 89.7 cm³/mol. The Bertz CT molecular complexity index is 320. The third-order valence-corrected chi connectivity index (χ3v) is 6.29. The van der Waals surface area contributed by atoms with Crippen LogP contribution in [0, 0.1) is 5.92 Å². The van der Waals surface area contributed by atoms with Crippen molar-refractivity contribution in [2.24, 2.45) is 5.92 Å². The fourth-order valence-electron chi connectivity index (χ4n) is 5.21. The topological polar surface area (TPSA) is 18.5 Å². The van der Waals surface area contributed by atoms with E-state index < -0.39 is 0 Å². The molecule has 3 aliphatic rings. The van der Waals surface area contributed by atoms with Crippen molar-refractivity contribution in [1.82, 2.24) is 15.1 Å². The highest BCUT2D eigenvalue weighted by Crippen LogP contribution is 2.33. The molecule has 1 saturated carbocycles. The summed E-state index contributed by atoms with van der Waals surface area (Å²) in [6, 6.07) is 2.43. The number of rotatable bonds is 3. The second-order valence-corrected chi connectivity index (χ2v) is 7.60. The van der Waals surface area contributed by atoms with E-state index in [-0.39, 0.29) is 0 Å². The molecule has 21 heavy (non-hydrogen) atoms. The molecule has 3 heteroatoms. The number of likely N-dealkylation sites (tertiary alicyclic amines) is 2. The van der Waals surface area contributed by atoms with E-state index in [1.165, 1.54) is 71.0 Å². The molecular formula is C18H35N3. The second kappa shape index (κ2) is 7.43. The second-order valence-electron chi connectivity index (χ2n) is 7.60. The first kappa shape index (κ1) is 15.8. The molecule has 3 rings (SSSR count). The first-order valence-electron chi connectivity index (χ1n) is 9.47. The van der Waals surface area contributed by atoms with Crippen molar-refractivity contribution < 1.29 is 0 Å². The van der Waals surface area contributed by atoms with Gasteiger partial charge in [0.25, 0.3) is 0 Å². The zero-order chi connectivity index (χ0) is 14.7. The average molecular weight is 293 g/mol. The molecule has 2 heterocycles. The number of hydrogen-bond acceptors (Lipinski definition) is 3. The lowest BCUT2D eigenvalue weighted by molar-refractivity contribution is 0.0105. The van der Waals surface area contributed by atoms with Crippen LogP contribution in [-0.4, -0.2) is 61.2 Å². The molecule has 3 nitrogen and oxygen atoms in total. The van der Waals surface area contributed by atoms with Gasteiger partial charge in [-0.25, -0.2) is 0 Å². The molecule has 0 aromatic heterocycles. The summed E-state index contributed by atoms with van der Waals surface area (Å²) in [6.07, 6.45) is 11.4. The summed E-state index contributed by atoms with van der Waals surface area (Å²) >= 11 is 0. The van der Waals surface area contributed by atoms with Crippen LogP contribution in [0.25, 0.3) is 0 Å². The molecule has 0 aromatic rings. The van der Waals surface area contributed by atoms with E-state index in [1.54, 1.807) is 0 Å². The number of piperidine rings is 2. The summed E-state index contributed by atoms with van der Waals surface area (Å²) in [5, 5.41) is 3.80. The monoisotopic (exact) mass is 293 g/mol. The lowest BCUT2D eigenvalue weighted by Gasteiger charge is -2.49. The zero-order valence-corrected chi connectivity index (χ0v) is 14.2. The Morgan fingerprint density at radius 3 is 2.62 bits per heavy atom. The highest BCUT2D eigenvalue weighted by atomic mass is 15.2. The van der Waals surface area contributed by atoms with Crippen LogP contribution in [0.15, 0.2) is 0 Å². The molecule has 0 aromatic carbocycles. The molecule has 4 unspecified atom stereocenters. The Morgan fingerprint density at radius 2 is 1.76 bits per heavy atom. The fourth-order valence-corrected chi connectivity index (χ4v) is 5.21. The molecule has 1 N–H and O–H groups in total. The SMILES string of the molecule is CCNC1CCCCCC1N1CCC2C(CCCN2C)C1. The summed E-state index contributed by atoms with van der Waals surface area (Å²) in [6.45, 7) is 7.42. The number of hydrogen-bond donors (Lipinski definition) is 1.